The lowest BCUT2D eigenvalue weighted by atomic mass is 10.2. The summed E-state index contributed by atoms with van der Waals surface area (Å²) in [5.74, 6) is 0.580. The Morgan fingerprint density at radius 1 is 1.00 bits per heavy atom. The van der Waals surface area contributed by atoms with E-state index in [1.807, 2.05) is 37.4 Å². The topological polar surface area (TPSA) is 73.9 Å². The van der Waals surface area contributed by atoms with E-state index < -0.39 is 5.97 Å². The van der Waals surface area contributed by atoms with Crippen LogP contribution in [-0.2, 0) is 9.53 Å². The number of thioether (sulfide) groups is 1. The van der Waals surface area contributed by atoms with E-state index in [1.54, 1.807) is 24.3 Å². The standard InChI is InChI=1S/C20H23NO5S/c1-3-24-15-8-10-16(11-9-15)25-13-12-21-19(22)14-26-20(23)17-6-4-5-7-18(17)27-2/h4-11H,3,12-14H2,1-2H3,(H,21,22). The predicted molar refractivity (Wildman–Crippen MR) is 105 cm³/mol. The fraction of sp³-hybridized carbons (Fsp3) is 0.300. The molecule has 2 aromatic carbocycles. The lowest BCUT2D eigenvalue weighted by molar-refractivity contribution is -0.124. The number of nitrogens with one attached hydrogen (secondary N) is 1. The van der Waals surface area contributed by atoms with Crippen LogP contribution in [0, 0.1) is 0 Å². The minimum Gasteiger partial charge on any atom is -0.494 e. The van der Waals surface area contributed by atoms with Gasteiger partial charge in [0.15, 0.2) is 6.61 Å². The SMILES string of the molecule is CCOc1ccc(OCCNC(=O)COC(=O)c2ccccc2SC)cc1. The third-order valence-electron chi connectivity index (χ3n) is 3.49. The highest BCUT2D eigenvalue weighted by molar-refractivity contribution is 7.98. The van der Waals surface area contributed by atoms with Gasteiger partial charge in [0.05, 0.1) is 18.7 Å². The second-order valence-electron chi connectivity index (χ2n) is 5.38. The van der Waals surface area contributed by atoms with Crippen molar-refractivity contribution >= 4 is 23.6 Å². The summed E-state index contributed by atoms with van der Waals surface area (Å²) in [5, 5.41) is 2.65. The van der Waals surface area contributed by atoms with Crippen LogP contribution in [0.4, 0.5) is 0 Å². The lowest BCUT2D eigenvalue weighted by Gasteiger charge is -2.10. The molecule has 0 fully saturated rings. The molecule has 1 N–H and O–H groups in total. The number of carbonyl (C=O) groups excluding carboxylic acids is 2. The molecular formula is C20H23NO5S. The van der Waals surface area contributed by atoms with E-state index >= 15 is 0 Å². The van der Waals surface area contributed by atoms with Gasteiger partial charge in [-0.1, -0.05) is 12.1 Å². The van der Waals surface area contributed by atoms with Gasteiger partial charge in [0.2, 0.25) is 0 Å². The van der Waals surface area contributed by atoms with E-state index in [4.69, 9.17) is 14.2 Å². The molecule has 0 saturated heterocycles. The number of carbonyl (C=O) groups is 2. The number of benzene rings is 2. The van der Waals surface area contributed by atoms with Crippen LogP contribution in [0.3, 0.4) is 0 Å². The normalized spacial score (nSPS) is 10.1. The summed E-state index contributed by atoms with van der Waals surface area (Å²) in [6.45, 7) is 2.82. The first-order valence-electron chi connectivity index (χ1n) is 8.56. The first-order chi connectivity index (χ1) is 13.1. The Morgan fingerprint density at radius 2 is 1.67 bits per heavy atom. The molecule has 0 radical (unpaired) electrons. The van der Waals surface area contributed by atoms with E-state index in [9.17, 15) is 9.59 Å². The first kappa shape index (κ1) is 20.6. The van der Waals surface area contributed by atoms with Gasteiger partial charge in [0, 0.05) is 4.90 Å². The van der Waals surface area contributed by atoms with Gasteiger partial charge in [-0.3, -0.25) is 4.79 Å². The molecule has 7 heteroatoms. The maximum atomic E-state index is 12.1. The molecule has 0 aromatic heterocycles. The monoisotopic (exact) mass is 389 g/mol. The van der Waals surface area contributed by atoms with Crippen LogP contribution in [-0.4, -0.2) is 44.5 Å². The molecule has 0 aliphatic heterocycles. The Hall–Kier alpha value is -2.67. The van der Waals surface area contributed by atoms with E-state index in [2.05, 4.69) is 5.32 Å². The van der Waals surface area contributed by atoms with E-state index in [1.165, 1.54) is 11.8 Å². The van der Waals surface area contributed by atoms with Gasteiger partial charge in [0.1, 0.15) is 18.1 Å². The highest BCUT2D eigenvalue weighted by atomic mass is 32.2. The third-order valence-corrected chi connectivity index (χ3v) is 4.28. The average molecular weight is 389 g/mol. The Labute approximate surface area is 163 Å². The van der Waals surface area contributed by atoms with Crippen molar-refractivity contribution in [3.63, 3.8) is 0 Å². The van der Waals surface area contributed by atoms with Gasteiger partial charge in [-0.15, -0.1) is 11.8 Å². The average Bonchev–Trinajstić information content (AvgIpc) is 2.70. The molecule has 27 heavy (non-hydrogen) atoms. The predicted octanol–water partition coefficient (Wildman–Crippen LogP) is 3.16. The minimum absolute atomic E-state index is 0.309. The van der Waals surface area contributed by atoms with Crippen molar-refractivity contribution in [3.8, 4) is 11.5 Å². The largest absolute Gasteiger partial charge is 0.494 e. The number of ether oxygens (including phenoxy) is 3. The van der Waals surface area contributed by atoms with Gasteiger partial charge in [-0.2, -0.15) is 0 Å². The number of hydrogen-bond donors (Lipinski definition) is 1. The molecule has 0 aliphatic carbocycles. The molecule has 0 spiro atoms. The van der Waals surface area contributed by atoms with Crippen LogP contribution >= 0.6 is 11.8 Å². The van der Waals surface area contributed by atoms with Gasteiger partial charge in [-0.05, 0) is 49.6 Å². The molecule has 0 saturated carbocycles. The van der Waals surface area contributed by atoms with Gasteiger partial charge in [-0.25, -0.2) is 4.79 Å². The molecule has 2 rings (SSSR count). The van der Waals surface area contributed by atoms with Crippen molar-refractivity contribution in [2.24, 2.45) is 0 Å². The Bertz CT molecular complexity index is 748. The van der Waals surface area contributed by atoms with Gasteiger partial charge >= 0.3 is 5.97 Å². The van der Waals surface area contributed by atoms with Crippen molar-refractivity contribution in [1.82, 2.24) is 5.32 Å². The molecular weight excluding hydrogens is 366 g/mol. The molecule has 6 nitrogen and oxygen atoms in total. The first-order valence-corrected chi connectivity index (χ1v) is 9.79. The fourth-order valence-electron chi connectivity index (χ4n) is 2.23. The van der Waals surface area contributed by atoms with Crippen LogP contribution in [0.2, 0.25) is 0 Å². The Kier molecular flexibility index (Phi) is 8.51. The molecule has 144 valence electrons. The van der Waals surface area contributed by atoms with Crippen molar-refractivity contribution in [3.05, 3.63) is 54.1 Å². The zero-order chi connectivity index (χ0) is 19.5. The van der Waals surface area contributed by atoms with E-state index in [0.29, 0.717) is 31.1 Å². The Morgan fingerprint density at radius 3 is 2.33 bits per heavy atom. The summed E-state index contributed by atoms with van der Waals surface area (Å²) >= 11 is 1.45. The molecule has 0 atom stereocenters. The van der Waals surface area contributed by atoms with Crippen molar-refractivity contribution < 1.29 is 23.8 Å². The van der Waals surface area contributed by atoms with Crippen LogP contribution in [0.15, 0.2) is 53.4 Å². The zero-order valence-electron chi connectivity index (χ0n) is 15.4. The number of amides is 1. The van der Waals surface area contributed by atoms with Crippen LogP contribution in [0.1, 0.15) is 17.3 Å². The highest BCUT2D eigenvalue weighted by Crippen LogP contribution is 2.20. The smallest absolute Gasteiger partial charge is 0.339 e. The number of esters is 1. The maximum Gasteiger partial charge on any atom is 0.339 e. The van der Waals surface area contributed by atoms with Crippen LogP contribution < -0.4 is 14.8 Å². The van der Waals surface area contributed by atoms with Crippen molar-refractivity contribution in [1.29, 1.82) is 0 Å². The highest BCUT2D eigenvalue weighted by Gasteiger charge is 2.13. The van der Waals surface area contributed by atoms with Crippen molar-refractivity contribution in [2.45, 2.75) is 11.8 Å². The third kappa shape index (κ3) is 6.86. The summed E-state index contributed by atoms with van der Waals surface area (Å²) in [6, 6.07) is 14.4. The molecule has 0 aliphatic rings. The van der Waals surface area contributed by atoms with Crippen molar-refractivity contribution in [2.75, 3.05) is 32.6 Å². The molecule has 0 bridgehead atoms. The summed E-state index contributed by atoms with van der Waals surface area (Å²) in [4.78, 5) is 24.7. The van der Waals surface area contributed by atoms with Crippen LogP contribution in [0.5, 0.6) is 11.5 Å². The second-order valence-corrected chi connectivity index (χ2v) is 6.23. The minimum atomic E-state index is -0.513. The number of rotatable bonds is 10. The summed E-state index contributed by atoms with van der Waals surface area (Å²) < 4.78 is 16.0. The summed E-state index contributed by atoms with van der Waals surface area (Å²) in [5.41, 5.74) is 0.455. The van der Waals surface area contributed by atoms with Gasteiger partial charge < -0.3 is 19.5 Å². The quantitative estimate of drug-likeness (QED) is 0.382. The van der Waals surface area contributed by atoms with E-state index in [0.717, 1.165) is 10.6 Å². The van der Waals surface area contributed by atoms with Crippen LogP contribution in [0.25, 0.3) is 0 Å². The zero-order valence-corrected chi connectivity index (χ0v) is 16.2. The number of hydrogen-bond acceptors (Lipinski definition) is 6. The summed E-state index contributed by atoms with van der Waals surface area (Å²) in [7, 11) is 0. The molecule has 0 heterocycles. The second kappa shape index (κ2) is 11.1. The molecule has 1 amide bonds. The fourth-order valence-corrected chi connectivity index (χ4v) is 2.82. The maximum absolute atomic E-state index is 12.1. The Balaban J connectivity index is 1.66. The lowest BCUT2D eigenvalue weighted by Crippen LogP contribution is -2.32. The molecule has 0 unspecified atom stereocenters. The molecule has 2 aromatic rings. The van der Waals surface area contributed by atoms with Gasteiger partial charge in [0.25, 0.3) is 5.91 Å². The summed E-state index contributed by atoms with van der Waals surface area (Å²) in [6.07, 6.45) is 1.88. The van der Waals surface area contributed by atoms with E-state index in [-0.39, 0.29) is 12.5 Å².